The van der Waals surface area contributed by atoms with Crippen molar-refractivity contribution in [1.82, 2.24) is 19.9 Å². The second-order valence-electron chi connectivity index (χ2n) is 8.48. The molecule has 3 atom stereocenters. The molecule has 0 bridgehead atoms. The standard InChI is InChI=1S/C26H28N4O4/c1-34-19-6-7-23-21(16-19)20(9-13-27-23)24(31)8-5-18-10-15-30(17-22(18)26(32)33)14-2-4-25-28-11-3-12-29-25/h3,6-7,9,11-13,16,18,22,24,31H,5,8,10,14-15,17H2,1H3,(H,32,33)/t18-,22+,24?/m1/s1. The van der Waals surface area contributed by atoms with Crippen LogP contribution in [0.25, 0.3) is 10.9 Å². The summed E-state index contributed by atoms with van der Waals surface area (Å²) in [5, 5.41) is 21.6. The number of ether oxygens (including phenoxy) is 1. The van der Waals surface area contributed by atoms with E-state index in [4.69, 9.17) is 4.74 Å². The first-order valence-corrected chi connectivity index (χ1v) is 11.4. The van der Waals surface area contributed by atoms with E-state index in [0.717, 1.165) is 29.4 Å². The lowest BCUT2D eigenvalue weighted by Crippen LogP contribution is -2.44. The summed E-state index contributed by atoms with van der Waals surface area (Å²) in [6.45, 7) is 1.68. The van der Waals surface area contributed by atoms with Gasteiger partial charge in [-0.25, -0.2) is 9.97 Å². The molecular formula is C26H28N4O4. The third kappa shape index (κ3) is 5.68. The molecule has 1 fully saturated rings. The molecular weight excluding hydrogens is 432 g/mol. The number of piperidine rings is 1. The lowest BCUT2D eigenvalue weighted by molar-refractivity contribution is -0.146. The van der Waals surface area contributed by atoms with Gasteiger partial charge in [-0.15, -0.1) is 0 Å². The Morgan fingerprint density at radius 3 is 2.82 bits per heavy atom. The summed E-state index contributed by atoms with van der Waals surface area (Å²) in [5.41, 5.74) is 1.57. The van der Waals surface area contributed by atoms with Crippen molar-refractivity contribution in [2.45, 2.75) is 25.4 Å². The van der Waals surface area contributed by atoms with Gasteiger partial charge in [0.05, 0.1) is 31.2 Å². The minimum absolute atomic E-state index is 0.00328. The van der Waals surface area contributed by atoms with Crippen molar-refractivity contribution in [1.29, 1.82) is 0 Å². The van der Waals surface area contributed by atoms with Crippen LogP contribution in [0.5, 0.6) is 5.75 Å². The van der Waals surface area contributed by atoms with Crippen LogP contribution in [0.3, 0.4) is 0 Å². The van der Waals surface area contributed by atoms with Gasteiger partial charge in [0.25, 0.3) is 0 Å². The van der Waals surface area contributed by atoms with Crippen molar-refractivity contribution in [2.24, 2.45) is 11.8 Å². The highest BCUT2D eigenvalue weighted by molar-refractivity contribution is 5.83. The topological polar surface area (TPSA) is 109 Å². The van der Waals surface area contributed by atoms with Gasteiger partial charge < -0.3 is 14.9 Å². The lowest BCUT2D eigenvalue weighted by atomic mass is 9.81. The van der Waals surface area contributed by atoms with Gasteiger partial charge in [0, 0.05) is 30.5 Å². The minimum Gasteiger partial charge on any atom is -0.497 e. The number of carbonyl (C=O) groups is 1. The van der Waals surface area contributed by atoms with Crippen molar-refractivity contribution in [3.8, 4) is 17.6 Å². The summed E-state index contributed by atoms with van der Waals surface area (Å²) in [4.78, 5) is 26.6. The maximum absolute atomic E-state index is 12.0. The first kappa shape index (κ1) is 23.6. The second kappa shape index (κ2) is 11.1. The molecule has 3 heterocycles. The zero-order chi connectivity index (χ0) is 23.9. The normalized spacial score (nSPS) is 19.2. The Balaban J connectivity index is 1.38. The highest BCUT2D eigenvalue weighted by Crippen LogP contribution is 2.33. The SMILES string of the molecule is COc1ccc2nccc(C(O)CC[C@@H]3CCN(CC#Cc4ncccn4)C[C@@H]3C(=O)O)c2c1. The molecule has 1 unspecified atom stereocenters. The smallest absolute Gasteiger partial charge is 0.308 e. The molecule has 176 valence electrons. The number of nitrogens with zero attached hydrogens (tertiary/aromatic N) is 4. The number of carboxylic acid groups (broad SMARTS) is 1. The summed E-state index contributed by atoms with van der Waals surface area (Å²) in [5.74, 6) is 5.83. The van der Waals surface area contributed by atoms with Gasteiger partial charge in [-0.05, 0) is 73.5 Å². The molecule has 8 heteroatoms. The predicted octanol–water partition coefficient (Wildman–Crippen LogP) is 2.92. The summed E-state index contributed by atoms with van der Waals surface area (Å²) < 4.78 is 5.32. The predicted molar refractivity (Wildman–Crippen MR) is 127 cm³/mol. The highest BCUT2D eigenvalue weighted by Gasteiger charge is 2.34. The summed E-state index contributed by atoms with van der Waals surface area (Å²) in [7, 11) is 1.60. The zero-order valence-corrected chi connectivity index (χ0v) is 19.1. The molecule has 2 N–H and O–H groups in total. The number of aliphatic hydroxyl groups excluding tert-OH is 1. The van der Waals surface area contributed by atoms with Gasteiger partial charge in [-0.3, -0.25) is 14.7 Å². The summed E-state index contributed by atoms with van der Waals surface area (Å²) in [6.07, 6.45) is 6.12. The number of aliphatic carboxylic acids is 1. The molecule has 8 nitrogen and oxygen atoms in total. The molecule has 0 amide bonds. The summed E-state index contributed by atoms with van der Waals surface area (Å²) in [6, 6.07) is 9.14. The number of fused-ring (bicyclic) bond motifs is 1. The molecule has 1 saturated heterocycles. The highest BCUT2D eigenvalue weighted by atomic mass is 16.5. The van der Waals surface area contributed by atoms with Crippen molar-refractivity contribution in [3.63, 3.8) is 0 Å². The zero-order valence-electron chi connectivity index (χ0n) is 19.1. The molecule has 4 rings (SSSR count). The van der Waals surface area contributed by atoms with E-state index in [1.807, 2.05) is 24.3 Å². The van der Waals surface area contributed by atoms with Crippen LogP contribution < -0.4 is 4.74 Å². The van der Waals surface area contributed by atoms with Crippen LogP contribution >= 0.6 is 0 Å². The Labute approximate surface area is 198 Å². The molecule has 1 aliphatic heterocycles. The monoisotopic (exact) mass is 460 g/mol. The van der Waals surface area contributed by atoms with Gasteiger partial charge in [-0.2, -0.15) is 0 Å². The van der Waals surface area contributed by atoms with E-state index in [9.17, 15) is 15.0 Å². The van der Waals surface area contributed by atoms with Crippen LogP contribution in [0.2, 0.25) is 0 Å². The Morgan fingerprint density at radius 1 is 1.24 bits per heavy atom. The van der Waals surface area contributed by atoms with Gasteiger partial charge >= 0.3 is 5.97 Å². The van der Waals surface area contributed by atoms with Crippen LogP contribution in [0.4, 0.5) is 0 Å². The molecule has 0 aliphatic carbocycles. The van der Waals surface area contributed by atoms with Crippen molar-refractivity contribution < 1.29 is 19.7 Å². The first-order valence-electron chi connectivity index (χ1n) is 11.4. The quantitative estimate of drug-likeness (QED) is 0.518. The average molecular weight is 461 g/mol. The molecule has 0 radical (unpaired) electrons. The van der Waals surface area contributed by atoms with Gasteiger partial charge in [0.15, 0.2) is 0 Å². The van der Waals surface area contributed by atoms with E-state index in [0.29, 0.717) is 37.5 Å². The van der Waals surface area contributed by atoms with Crippen molar-refractivity contribution >= 4 is 16.9 Å². The van der Waals surface area contributed by atoms with E-state index < -0.39 is 18.0 Å². The maximum atomic E-state index is 12.0. The van der Waals surface area contributed by atoms with Gasteiger partial charge in [0.1, 0.15) is 5.75 Å². The number of aliphatic hydroxyl groups is 1. The number of hydrogen-bond donors (Lipinski definition) is 2. The lowest BCUT2D eigenvalue weighted by Gasteiger charge is -2.36. The van der Waals surface area contributed by atoms with Gasteiger partial charge in [-0.1, -0.05) is 5.92 Å². The fourth-order valence-corrected chi connectivity index (χ4v) is 4.52. The average Bonchev–Trinajstić information content (AvgIpc) is 2.87. The minimum atomic E-state index is -0.803. The van der Waals surface area contributed by atoms with Crippen LogP contribution in [0, 0.1) is 23.7 Å². The van der Waals surface area contributed by atoms with Crippen LogP contribution in [0.15, 0.2) is 48.9 Å². The van der Waals surface area contributed by atoms with E-state index in [2.05, 4.69) is 31.7 Å². The molecule has 0 spiro atoms. The molecule has 0 saturated carbocycles. The van der Waals surface area contributed by atoms with Crippen molar-refractivity contribution in [2.75, 3.05) is 26.7 Å². The maximum Gasteiger partial charge on any atom is 0.308 e. The van der Waals surface area contributed by atoms with E-state index in [1.54, 1.807) is 31.8 Å². The number of carboxylic acids is 1. The molecule has 2 aromatic heterocycles. The van der Waals surface area contributed by atoms with Crippen LogP contribution in [0.1, 0.15) is 36.8 Å². The van der Waals surface area contributed by atoms with E-state index >= 15 is 0 Å². The fraction of sp³-hybridized carbons (Fsp3) is 0.385. The van der Waals surface area contributed by atoms with E-state index in [-0.39, 0.29) is 5.92 Å². The van der Waals surface area contributed by atoms with Crippen LogP contribution in [-0.4, -0.2) is 62.8 Å². The third-order valence-electron chi connectivity index (χ3n) is 6.38. The fourth-order valence-electron chi connectivity index (χ4n) is 4.52. The largest absolute Gasteiger partial charge is 0.497 e. The molecule has 1 aliphatic rings. The molecule has 3 aromatic rings. The number of hydrogen-bond acceptors (Lipinski definition) is 7. The van der Waals surface area contributed by atoms with Gasteiger partial charge in [0.2, 0.25) is 5.82 Å². The number of methoxy groups -OCH3 is 1. The first-order chi connectivity index (χ1) is 16.5. The Bertz CT molecular complexity index is 1190. The number of pyridine rings is 1. The van der Waals surface area contributed by atoms with Crippen LogP contribution in [-0.2, 0) is 4.79 Å². The Kier molecular flexibility index (Phi) is 7.68. The van der Waals surface area contributed by atoms with E-state index in [1.165, 1.54) is 0 Å². The number of aromatic nitrogens is 3. The Hall–Kier alpha value is -3.54. The van der Waals surface area contributed by atoms with Crippen molar-refractivity contribution in [3.05, 3.63) is 60.3 Å². The second-order valence-corrected chi connectivity index (χ2v) is 8.48. The molecule has 34 heavy (non-hydrogen) atoms. The third-order valence-corrected chi connectivity index (χ3v) is 6.38. The summed E-state index contributed by atoms with van der Waals surface area (Å²) >= 11 is 0. The number of likely N-dealkylation sites (tertiary alicyclic amines) is 1. The Morgan fingerprint density at radius 2 is 2.06 bits per heavy atom. The number of rotatable bonds is 7. The number of benzene rings is 1. The molecule has 1 aromatic carbocycles.